The standard InChI is InChI=1S/C23H29N9/c1-2-6-17(7-3-1)30-15-21(26-16-30)27-22-20-9-5-13-32(20)29-23(28-22)31-12-4-8-19(31)18-14-24-10-11-25-18/h5,9-11,13,15-19H,1-4,6-8,12,14H2,(H,27,28,29). The molecule has 0 aromatic carbocycles. The summed E-state index contributed by atoms with van der Waals surface area (Å²) in [6.07, 6.45) is 18.3. The van der Waals surface area contributed by atoms with Gasteiger partial charge in [-0.1, -0.05) is 19.3 Å². The van der Waals surface area contributed by atoms with Crippen LogP contribution in [0.3, 0.4) is 0 Å². The second-order valence-corrected chi connectivity index (χ2v) is 9.00. The molecule has 32 heavy (non-hydrogen) atoms. The second kappa shape index (κ2) is 8.37. The van der Waals surface area contributed by atoms with E-state index in [9.17, 15) is 0 Å². The van der Waals surface area contributed by atoms with Gasteiger partial charge in [-0.05, 0) is 37.8 Å². The number of fused-ring (bicyclic) bond motifs is 1. The summed E-state index contributed by atoms with van der Waals surface area (Å²) in [5, 5.41) is 8.29. The van der Waals surface area contributed by atoms with Gasteiger partial charge in [0.2, 0.25) is 5.95 Å². The minimum absolute atomic E-state index is 0.161. The molecule has 1 aliphatic carbocycles. The van der Waals surface area contributed by atoms with Crippen molar-refractivity contribution >= 4 is 35.5 Å². The highest BCUT2D eigenvalue weighted by Gasteiger charge is 2.34. The summed E-state index contributed by atoms with van der Waals surface area (Å²) >= 11 is 0. The number of hydrogen-bond donors (Lipinski definition) is 1. The number of aromatic nitrogens is 5. The summed E-state index contributed by atoms with van der Waals surface area (Å²) in [7, 11) is 0. The summed E-state index contributed by atoms with van der Waals surface area (Å²) < 4.78 is 4.16. The van der Waals surface area contributed by atoms with Crippen LogP contribution in [0.25, 0.3) is 5.52 Å². The van der Waals surface area contributed by atoms with Crippen LogP contribution in [0.5, 0.6) is 0 Å². The normalized spacial score (nSPS) is 23.9. The van der Waals surface area contributed by atoms with E-state index in [2.05, 4.69) is 35.9 Å². The van der Waals surface area contributed by atoms with Crippen molar-refractivity contribution in [1.82, 2.24) is 24.1 Å². The predicted octanol–water partition coefficient (Wildman–Crippen LogP) is 3.67. The van der Waals surface area contributed by atoms with E-state index in [4.69, 9.17) is 10.1 Å². The van der Waals surface area contributed by atoms with Gasteiger partial charge in [-0.2, -0.15) is 4.98 Å². The van der Waals surface area contributed by atoms with Gasteiger partial charge in [0.15, 0.2) is 5.82 Å². The number of rotatable bonds is 5. The van der Waals surface area contributed by atoms with E-state index in [1.54, 1.807) is 6.21 Å². The van der Waals surface area contributed by atoms with E-state index in [0.29, 0.717) is 6.04 Å². The third kappa shape index (κ3) is 3.65. The first-order valence-corrected chi connectivity index (χ1v) is 11.8. The Morgan fingerprint density at radius 1 is 1.03 bits per heavy atom. The van der Waals surface area contributed by atoms with Crippen LogP contribution in [0.2, 0.25) is 0 Å². The van der Waals surface area contributed by atoms with Crippen molar-refractivity contribution in [3.63, 3.8) is 0 Å². The van der Waals surface area contributed by atoms with Gasteiger partial charge in [-0.3, -0.25) is 9.98 Å². The minimum atomic E-state index is 0.161. The molecule has 2 unspecified atom stereocenters. The van der Waals surface area contributed by atoms with Crippen molar-refractivity contribution in [2.45, 2.75) is 63.1 Å². The Hall–Kier alpha value is -3.23. The molecule has 6 rings (SSSR count). The van der Waals surface area contributed by atoms with Crippen LogP contribution in [0.4, 0.5) is 17.6 Å². The lowest BCUT2D eigenvalue weighted by molar-refractivity contribution is 0.353. The van der Waals surface area contributed by atoms with Crippen molar-refractivity contribution in [3.8, 4) is 0 Å². The molecule has 1 saturated carbocycles. The third-order valence-corrected chi connectivity index (χ3v) is 6.97. The Bertz CT molecular complexity index is 1140. The fourth-order valence-electron chi connectivity index (χ4n) is 5.31. The van der Waals surface area contributed by atoms with Crippen LogP contribution in [-0.2, 0) is 0 Å². The van der Waals surface area contributed by atoms with Gasteiger partial charge < -0.3 is 14.8 Å². The van der Waals surface area contributed by atoms with Crippen LogP contribution in [-0.4, -0.2) is 61.8 Å². The van der Waals surface area contributed by atoms with Crippen LogP contribution >= 0.6 is 0 Å². The Morgan fingerprint density at radius 2 is 1.97 bits per heavy atom. The molecule has 2 fully saturated rings. The Morgan fingerprint density at radius 3 is 2.84 bits per heavy atom. The molecule has 2 aliphatic heterocycles. The lowest BCUT2D eigenvalue weighted by Gasteiger charge is -2.29. The first kappa shape index (κ1) is 19.5. The molecule has 0 amide bonds. The Kier molecular flexibility index (Phi) is 5.09. The van der Waals surface area contributed by atoms with Gasteiger partial charge in [0, 0.05) is 37.4 Å². The zero-order valence-electron chi connectivity index (χ0n) is 18.2. The number of nitrogens with zero attached hydrogens (tertiary/aromatic N) is 8. The molecule has 1 saturated heterocycles. The fourth-order valence-corrected chi connectivity index (χ4v) is 5.31. The van der Waals surface area contributed by atoms with E-state index in [-0.39, 0.29) is 12.1 Å². The highest BCUT2D eigenvalue weighted by atomic mass is 15.4. The average molecular weight is 432 g/mol. The smallest absolute Gasteiger partial charge is 0.245 e. The summed E-state index contributed by atoms with van der Waals surface area (Å²) in [5.74, 6) is 2.34. The van der Waals surface area contributed by atoms with Gasteiger partial charge in [0.05, 0.1) is 25.0 Å². The first-order valence-electron chi connectivity index (χ1n) is 11.8. The second-order valence-electron chi connectivity index (χ2n) is 9.00. The summed E-state index contributed by atoms with van der Waals surface area (Å²) in [6.45, 7) is 1.66. The number of imidazole rings is 1. The van der Waals surface area contributed by atoms with Gasteiger partial charge in [-0.25, -0.2) is 9.50 Å². The number of aliphatic imine (C=N–C) groups is 2. The molecule has 3 aliphatic rings. The van der Waals surface area contributed by atoms with E-state index >= 15 is 0 Å². The number of anilines is 3. The number of hydrogen-bond acceptors (Lipinski definition) is 7. The summed E-state index contributed by atoms with van der Waals surface area (Å²) in [5.41, 5.74) is 0.942. The lowest BCUT2D eigenvalue weighted by Crippen LogP contribution is -2.41. The average Bonchev–Trinajstić information content (AvgIpc) is 3.60. The van der Waals surface area contributed by atoms with Crippen LogP contribution < -0.4 is 10.2 Å². The molecule has 9 nitrogen and oxygen atoms in total. The zero-order valence-corrected chi connectivity index (χ0v) is 18.2. The molecular weight excluding hydrogens is 402 g/mol. The summed E-state index contributed by atoms with van der Waals surface area (Å²) in [4.78, 5) is 21.0. The molecule has 5 heterocycles. The van der Waals surface area contributed by atoms with E-state index in [1.807, 2.05) is 35.4 Å². The molecule has 0 radical (unpaired) electrons. The fraction of sp³-hybridized carbons (Fsp3) is 0.522. The molecule has 3 aromatic rings. The third-order valence-electron chi connectivity index (χ3n) is 6.97. The maximum absolute atomic E-state index is 4.96. The van der Waals surface area contributed by atoms with Crippen LogP contribution in [0.15, 0.2) is 40.8 Å². The quantitative estimate of drug-likeness (QED) is 0.666. The largest absolute Gasteiger partial charge is 0.334 e. The van der Waals surface area contributed by atoms with Crippen molar-refractivity contribution < 1.29 is 0 Å². The van der Waals surface area contributed by atoms with E-state index in [1.165, 1.54) is 32.1 Å². The summed E-state index contributed by atoms with van der Waals surface area (Å²) in [6, 6.07) is 5.03. The van der Waals surface area contributed by atoms with E-state index < -0.39 is 0 Å². The molecule has 2 atom stereocenters. The minimum Gasteiger partial charge on any atom is -0.334 e. The number of nitrogens with one attached hydrogen (secondary N) is 1. The molecule has 0 spiro atoms. The monoisotopic (exact) mass is 431 g/mol. The van der Waals surface area contributed by atoms with Crippen LogP contribution in [0, 0.1) is 0 Å². The molecule has 166 valence electrons. The molecular formula is C23H29N9. The highest BCUT2D eigenvalue weighted by molar-refractivity contribution is 6.16. The van der Waals surface area contributed by atoms with Crippen molar-refractivity contribution in [2.75, 3.05) is 23.3 Å². The van der Waals surface area contributed by atoms with Gasteiger partial charge in [0.25, 0.3) is 0 Å². The topological polar surface area (TPSA) is 88.0 Å². The molecule has 1 N–H and O–H groups in total. The molecule has 9 heteroatoms. The van der Waals surface area contributed by atoms with Crippen molar-refractivity contribution in [1.29, 1.82) is 0 Å². The van der Waals surface area contributed by atoms with E-state index in [0.717, 1.165) is 49.0 Å². The SMILES string of the molecule is C1=NCC(C2CCCN2c2nc(Nc3cn(C4CCCCC4)cn3)c3cccn3n2)N=C1. The maximum atomic E-state index is 4.96. The van der Waals surface area contributed by atoms with Crippen molar-refractivity contribution in [2.24, 2.45) is 9.98 Å². The van der Waals surface area contributed by atoms with Crippen LogP contribution in [0.1, 0.15) is 51.0 Å². The Balaban J connectivity index is 1.28. The molecule has 0 bridgehead atoms. The van der Waals surface area contributed by atoms with Gasteiger partial charge in [0.1, 0.15) is 11.3 Å². The first-order chi connectivity index (χ1) is 15.8. The maximum Gasteiger partial charge on any atom is 0.245 e. The van der Waals surface area contributed by atoms with Gasteiger partial charge >= 0.3 is 0 Å². The predicted molar refractivity (Wildman–Crippen MR) is 127 cm³/mol. The lowest BCUT2D eigenvalue weighted by atomic mass is 9.95. The highest BCUT2D eigenvalue weighted by Crippen LogP contribution is 2.31. The zero-order chi connectivity index (χ0) is 21.3. The van der Waals surface area contributed by atoms with Gasteiger partial charge in [-0.15, -0.1) is 5.10 Å². The van der Waals surface area contributed by atoms with Crippen molar-refractivity contribution in [3.05, 3.63) is 30.9 Å². The molecule has 3 aromatic heterocycles. The Labute approximate surface area is 187 Å².